The van der Waals surface area contributed by atoms with Crippen molar-refractivity contribution in [2.75, 3.05) is 0 Å². The molecule has 0 amide bonds. The van der Waals surface area contributed by atoms with E-state index < -0.39 is 0 Å². The van der Waals surface area contributed by atoms with Gasteiger partial charge in [0.2, 0.25) is 0 Å². The zero-order chi connectivity index (χ0) is 14.5. The summed E-state index contributed by atoms with van der Waals surface area (Å²) in [5, 5.41) is 2.70. The monoisotopic (exact) mass is 280 g/mol. The van der Waals surface area contributed by atoms with Crippen LogP contribution in [0.25, 0.3) is 21.9 Å². The first-order valence-electron chi connectivity index (χ1n) is 7.89. The molecular formula is C22H16. The molecule has 1 unspecified atom stereocenters. The highest BCUT2D eigenvalue weighted by atomic mass is 14.4. The SMILES string of the molecule is C1=C(c2ccccc2)CC2C(=C1)c1cc3ccccc3cc12. The number of hydrogen-bond acceptors (Lipinski definition) is 0. The predicted octanol–water partition coefficient (Wildman–Crippen LogP) is 5.81. The average molecular weight is 280 g/mol. The third-order valence-electron chi connectivity index (χ3n) is 5.01. The van der Waals surface area contributed by atoms with Gasteiger partial charge >= 0.3 is 0 Å². The molecule has 5 rings (SSSR count). The molecule has 3 aromatic rings. The number of allylic oxidation sites excluding steroid dienone is 4. The number of benzene rings is 3. The topological polar surface area (TPSA) is 0 Å². The van der Waals surface area contributed by atoms with E-state index in [2.05, 4.69) is 78.9 Å². The van der Waals surface area contributed by atoms with Crippen LogP contribution >= 0.6 is 0 Å². The molecule has 0 bridgehead atoms. The third-order valence-corrected chi connectivity index (χ3v) is 5.01. The van der Waals surface area contributed by atoms with Gasteiger partial charge in [0.1, 0.15) is 0 Å². The summed E-state index contributed by atoms with van der Waals surface area (Å²) in [7, 11) is 0. The Labute approximate surface area is 130 Å². The van der Waals surface area contributed by atoms with E-state index in [9.17, 15) is 0 Å². The van der Waals surface area contributed by atoms with Gasteiger partial charge < -0.3 is 0 Å². The molecule has 104 valence electrons. The predicted molar refractivity (Wildman–Crippen MR) is 93.7 cm³/mol. The Bertz CT molecular complexity index is 942. The second kappa shape index (κ2) is 4.45. The molecule has 0 N–H and O–H groups in total. The van der Waals surface area contributed by atoms with Crippen molar-refractivity contribution in [1.82, 2.24) is 0 Å². The molecule has 0 heteroatoms. The van der Waals surface area contributed by atoms with Crippen molar-refractivity contribution in [2.45, 2.75) is 12.3 Å². The third kappa shape index (κ3) is 1.64. The van der Waals surface area contributed by atoms with Crippen molar-refractivity contribution >= 4 is 21.9 Å². The van der Waals surface area contributed by atoms with E-state index in [-0.39, 0.29) is 0 Å². The summed E-state index contributed by atoms with van der Waals surface area (Å²) in [6, 6.07) is 24.2. The van der Waals surface area contributed by atoms with Crippen molar-refractivity contribution in [3.63, 3.8) is 0 Å². The van der Waals surface area contributed by atoms with Crippen molar-refractivity contribution < 1.29 is 0 Å². The van der Waals surface area contributed by atoms with Gasteiger partial charge in [-0.25, -0.2) is 0 Å². The van der Waals surface area contributed by atoms with Gasteiger partial charge in [0.25, 0.3) is 0 Å². The highest BCUT2D eigenvalue weighted by molar-refractivity contribution is 5.97. The second-order valence-corrected chi connectivity index (χ2v) is 6.22. The van der Waals surface area contributed by atoms with E-state index in [1.165, 1.54) is 38.6 Å². The number of hydrogen-bond donors (Lipinski definition) is 0. The first-order chi connectivity index (χ1) is 10.9. The van der Waals surface area contributed by atoms with Gasteiger partial charge in [-0.2, -0.15) is 0 Å². The highest BCUT2D eigenvalue weighted by Crippen LogP contribution is 2.53. The minimum absolute atomic E-state index is 0.583. The van der Waals surface area contributed by atoms with E-state index in [4.69, 9.17) is 0 Å². The molecule has 0 spiro atoms. The van der Waals surface area contributed by atoms with Gasteiger partial charge in [-0.05, 0) is 57.2 Å². The molecular weight excluding hydrogens is 264 g/mol. The summed E-state index contributed by atoms with van der Waals surface area (Å²) in [4.78, 5) is 0. The lowest BCUT2D eigenvalue weighted by atomic mass is 9.66. The van der Waals surface area contributed by atoms with Crippen molar-refractivity contribution in [3.05, 3.63) is 95.6 Å². The van der Waals surface area contributed by atoms with Crippen LogP contribution in [0.15, 0.2) is 78.9 Å². The first kappa shape index (κ1) is 12.0. The maximum absolute atomic E-state index is 2.39. The normalized spacial score (nSPS) is 18.8. The summed E-state index contributed by atoms with van der Waals surface area (Å²) in [5.41, 5.74) is 7.29. The van der Waals surface area contributed by atoms with Crippen LogP contribution in [0.3, 0.4) is 0 Å². The molecule has 2 aliphatic rings. The van der Waals surface area contributed by atoms with Crippen molar-refractivity contribution in [2.24, 2.45) is 0 Å². The Kier molecular flexibility index (Phi) is 2.42. The van der Waals surface area contributed by atoms with Crippen molar-refractivity contribution in [1.29, 1.82) is 0 Å². The summed E-state index contributed by atoms with van der Waals surface area (Å²) in [6.07, 6.45) is 5.76. The quantitative estimate of drug-likeness (QED) is 0.528. The Morgan fingerprint density at radius 3 is 2.27 bits per heavy atom. The maximum atomic E-state index is 2.39. The molecule has 2 aliphatic carbocycles. The maximum Gasteiger partial charge on any atom is 0.0142 e. The van der Waals surface area contributed by atoms with Gasteiger partial charge in [0.15, 0.2) is 0 Å². The van der Waals surface area contributed by atoms with Crippen LogP contribution in [0, 0.1) is 0 Å². The minimum Gasteiger partial charge on any atom is -0.0622 e. The van der Waals surface area contributed by atoms with E-state index in [1.54, 1.807) is 0 Å². The van der Waals surface area contributed by atoms with Gasteiger partial charge in [-0.3, -0.25) is 0 Å². The zero-order valence-corrected chi connectivity index (χ0v) is 12.3. The molecule has 0 saturated carbocycles. The van der Waals surface area contributed by atoms with Crippen LogP contribution in [0.2, 0.25) is 0 Å². The Morgan fingerprint density at radius 1 is 0.727 bits per heavy atom. The molecule has 0 saturated heterocycles. The molecule has 22 heavy (non-hydrogen) atoms. The molecule has 0 radical (unpaired) electrons. The van der Waals surface area contributed by atoms with Crippen LogP contribution < -0.4 is 0 Å². The summed E-state index contributed by atoms with van der Waals surface area (Å²) >= 11 is 0. The fraction of sp³-hybridized carbons (Fsp3) is 0.0909. The van der Waals surface area contributed by atoms with E-state index in [0.717, 1.165) is 6.42 Å². The summed E-state index contributed by atoms with van der Waals surface area (Å²) in [5.74, 6) is 0.583. The smallest absolute Gasteiger partial charge is 0.0142 e. The van der Waals surface area contributed by atoms with Gasteiger partial charge in [-0.15, -0.1) is 0 Å². The first-order valence-corrected chi connectivity index (χ1v) is 7.89. The lowest BCUT2D eigenvalue weighted by molar-refractivity contribution is 0.835. The highest BCUT2D eigenvalue weighted by Gasteiger charge is 2.34. The van der Waals surface area contributed by atoms with Gasteiger partial charge in [0.05, 0.1) is 0 Å². The average Bonchev–Trinajstić information content (AvgIpc) is 2.60. The molecule has 0 aliphatic heterocycles. The van der Waals surface area contributed by atoms with Crippen molar-refractivity contribution in [3.8, 4) is 0 Å². The Balaban J connectivity index is 1.61. The van der Waals surface area contributed by atoms with Crippen LogP contribution in [0.5, 0.6) is 0 Å². The lowest BCUT2D eigenvalue weighted by Gasteiger charge is -2.37. The molecule has 0 nitrogen and oxygen atoms in total. The lowest BCUT2D eigenvalue weighted by Crippen LogP contribution is -2.18. The van der Waals surface area contributed by atoms with Crippen LogP contribution in [-0.2, 0) is 0 Å². The molecule has 1 atom stereocenters. The fourth-order valence-corrected chi connectivity index (χ4v) is 3.84. The minimum atomic E-state index is 0.583. The molecule has 3 aromatic carbocycles. The van der Waals surface area contributed by atoms with E-state index in [1.807, 2.05) is 0 Å². The summed E-state index contributed by atoms with van der Waals surface area (Å²) < 4.78 is 0. The van der Waals surface area contributed by atoms with Crippen LogP contribution in [0.1, 0.15) is 29.0 Å². The van der Waals surface area contributed by atoms with Gasteiger partial charge in [-0.1, -0.05) is 66.7 Å². The summed E-state index contributed by atoms with van der Waals surface area (Å²) in [6.45, 7) is 0. The van der Waals surface area contributed by atoms with Crippen LogP contribution in [-0.4, -0.2) is 0 Å². The van der Waals surface area contributed by atoms with Crippen LogP contribution in [0.4, 0.5) is 0 Å². The molecule has 0 heterocycles. The second-order valence-electron chi connectivity index (χ2n) is 6.22. The van der Waals surface area contributed by atoms with Gasteiger partial charge in [0, 0.05) is 5.92 Å². The Morgan fingerprint density at radius 2 is 1.45 bits per heavy atom. The fourth-order valence-electron chi connectivity index (χ4n) is 3.84. The number of rotatable bonds is 1. The Hall–Kier alpha value is -2.60. The standard InChI is InChI=1S/C22H16/c1-2-6-15(7-3-1)18-10-11-19-20-12-16-8-4-5-9-17(16)13-22(20)21(19)14-18/h1-13,21H,14H2. The van der Waals surface area contributed by atoms with E-state index in [0.29, 0.717) is 5.92 Å². The number of fused-ring (bicyclic) bond motifs is 5. The van der Waals surface area contributed by atoms with E-state index >= 15 is 0 Å². The molecule has 0 fully saturated rings. The molecule has 0 aromatic heterocycles. The largest absolute Gasteiger partial charge is 0.0622 e. The zero-order valence-electron chi connectivity index (χ0n) is 12.3.